The van der Waals surface area contributed by atoms with Crippen molar-refractivity contribution in [3.8, 4) is 28.6 Å². The Morgan fingerprint density at radius 3 is 2.68 bits per heavy atom. The number of aromatic nitrogens is 4. The summed E-state index contributed by atoms with van der Waals surface area (Å²) in [6.07, 6.45) is 4.31. The molecule has 172 valence electrons. The average molecular weight is 473 g/mol. The lowest BCUT2D eigenvalue weighted by Crippen LogP contribution is -2.06. The van der Waals surface area contributed by atoms with Crippen molar-refractivity contribution in [2.24, 2.45) is 0 Å². The van der Waals surface area contributed by atoms with Crippen molar-refractivity contribution < 1.29 is 14.3 Å². The molecule has 0 saturated carbocycles. The number of aryl methyl sites for hydroxylation is 2. The number of carbonyl (C=O) groups excluding carboxylic acids is 1. The first-order chi connectivity index (χ1) is 16.6. The minimum atomic E-state index is -0.0150. The Hall–Kier alpha value is -3.65. The summed E-state index contributed by atoms with van der Waals surface area (Å²) in [6, 6.07) is 15.4. The maximum Gasteiger partial charge on any atom is 0.196 e. The highest BCUT2D eigenvalue weighted by Crippen LogP contribution is 2.32. The van der Waals surface area contributed by atoms with Crippen LogP contribution >= 0.6 is 11.8 Å². The summed E-state index contributed by atoms with van der Waals surface area (Å²) in [5.74, 6) is 2.18. The molecule has 5 rings (SSSR count). The molecule has 0 amide bonds. The highest BCUT2D eigenvalue weighted by atomic mass is 32.2. The van der Waals surface area contributed by atoms with E-state index in [0.717, 1.165) is 23.2 Å². The first kappa shape index (κ1) is 22.2. The van der Waals surface area contributed by atoms with Crippen LogP contribution < -0.4 is 9.47 Å². The zero-order valence-corrected chi connectivity index (χ0v) is 19.8. The van der Waals surface area contributed by atoms with E-state index < -0.39 is 0 Å². The molecule has 0 spiro atoms. The fourth-order valence-corrected chi connectivity index (χ4v) is 4.71. The van der Waals surface area contributed by atoms with Crippen molar-refractivity contribution in [2.75, 3.05) is 19.0 Å². The number of thioether (sulfide) groups is 1. The number of nitrogens with zero attached hydrogens (tertiary/aromatic N) is 4. The molecular weight excluding hydrogens is 448 g/mol. The van der Waals surface area contributed by atoms with Crippen LogP contribution in [-0.4, -0.2) is 44.5 Å². The van der Waals surface area contributed by atoms with Gasteiger partial charge in [-0.2, -0.15) is 0 Å². The fourth-order valence-electron chi connectivity index (χ4n) is 3.87. The number of Topliss-reactive ketones (excluding diaryl/α,β-unsaturated/α-hetero) is 1. The molecule has 3 heterocycles. The largest absolute Gasteiger partial charge is 0.490 e. The summed E-state index contributed by atoms with van der Waals surface area (Å²) in [6.45, 7) is 5.32. The molecule has 0 saturated heterocycles. The van der Waals surface area contributed by atoms with E-state index in [1.165, 1.54) is 17.3 Å². The molecule has 0 aliphatic carbocycles. The van der Waals surface area contributed by atoms with Crippen molar-refractivity contribution in [1.29, 1.82) is 0 Å². The van der Waals surface area contributed by atoms with E-state index in [-0.39, 0.29) is 11.5 Å². The number of ketones is 1. The molecule has 0 radical (unpaired) electrons. The minimum absolute atomic E-state index is 0.0150. The molecule has 0 fully saturated rings. The number of carbonyl (C=O) groups is 1. The van der Waals surface area contributed by atoms with Crippen LogP contribution in [0, 0.1) is 13.8 Å². The first-order valence-corrected chi connectivity index (χ1v) is 12.1. The van der Waals surface area contributed by atoms with Gasteiger partial charge in [-0.25, -0.2) is 0 Å². The van der Waals surface area contributed by atoms with Crippen molar-refractivity contribution in [3.05, 3.63) is 77.6 Å². The fraction of sp³-hybridized carbons (Fsp3) is 0.231. The zero-order valence-electron chi connectivity index (χ0n) is 19.0. The van der Waals surface area contributed by atoms with Gasteiger partial charge < -0.3 is 9.47 Å². The molecule has 1 aliphatic rings. The number of hydrogen-bond acceptors (Lipinski definition) is 7. The van der Waals surface area contributed by atoms with Crippen LogP contribution in [0.3, 0.4) is 0 Å². The molecule has 8 heteroatoms. The summed E-state index contributed by atoms with van der Waals surface area (Å²) >= 11 is 1.36. The summed E-state index contributed by atoms with van der Waals surface area (Å²) in [5, 5.41) is 9.53. The van der Waals surface area contributed by atoms with Crippen molar-refractivity contribution in [2.45, 2.75) is 25.4 Å². The van der Waals surface area contributed by atoms with Crippen molar-refractivity contribution in [1.82, 2.24) is 19.7 Å². The highest BCUT2D eigenvalue weighted by Gasteiger charge is 2.20. The second-order valence-corrected chi connectivity index (χ2v) is 9.04. The van der Waals surface area contributed by atoms with Gasteiger partial charge in [0.05, 0.1) is 24.7 Å². The Morgan fingerprint density at radius 1 is 1.03 bits per heavy atom. The van der Waals surface area contributed by atoms with Gasteiger partial charge >= 0.3 is 0 Å². The SMILES string of the molecule is Cc1ccc(-n2c(SCC(=O)c3ccc4c(c3)OCCCO4)nnc2-c2cccnc2)c(C)c1. The van der Waals surface area contributed by atoms with Gasteiger partial charge in [-0.05, 0) is 55.8 Å². The van der Waals surface area contributed by atoms with E-state index in [0.29, 0.717) is 41.3 Å². The monoisotopic (exact) mass is 472 g/mol. The maximum absolute atomic E-state index is 13.0. The zero-order chi connectivity index (χ0) is 23.5. The summed E-state index contributed by atoms with van der Waals surface area (Å²) in [4.78, 5) is 17.3. The molecule has 0 N–H and O–H groups in total. The molecule has 0 bridgehead atoms. The number of ether oxygens (including phenoxy) is 2. The van der Waals surface area contributed by atoms with Crippen LogP contribution in [0.25, 0.3) is 17.1 Å². The van der Waals surface area contributed by atoms with Crippen LogP contribution in [0.5, 0.6) is 11.5 Å². The topological polar surface area (TPSA) is 79.1 Å². The lowest BCUT2D eigenvalue weighted by Gasteiger charge is -2.13. The second kappa shape index (κ2) is 9.69. The molecule has 0 atom stereocenters. The quantitative estimate of drug-likeness (QED) is 0.286. The van der Waals surface area contributed by atoms with Gasteiger partial charge in [-0.15, -0.1) is 10.2 Å². The number of hydrogen-bond donors (Lipinski definition) is 0. The van der Waals surface area contributed by atoms with Gasteiger partial charge in [-0.1, -0.05) is 29.5 Å². The van der Waals surface area contributed by atoms with E-state index in [2.05, 4.69) is 47.2 Å². The Bertz CT molecular complexity index is 1340. The van der Waals surface area contributed by atoms with E-state index in [4.69, 9.17) is 9.47 Å². The molecule has 4 aromatic rings. The Balaban J connectivity index is 1.44. The van der Waals surface area contributed by atoms with Crippen LogP contribution in [0.1, 0.15) is 27.9 Å². The van der Waals surface area contributed by atoms with Gasteiger partial charge in [0.1, 0.15) is 0 Å². The number of fused-ring (bicyclic) bond motifs is 1. The third-order valence-corrected chi connectivity index (χ3v) is 6.48. The van der Waals surface area contributed by atoms with Gasteiger partial charge in [0, 0.05) is 29.9 Å². The number of rotatable bonds is 6. The molecule has 1 aliphatic heterocycles. The van der Waals surface area contributed by atoms with Crippen LogP contribution in [-0.2, 0) is 0 Å². The summed E-state index contributed by atoms with van der Waals surface area (Å²) in [5.41, 5.74) is 4.69. The van der Waals surface area contributed by atoms with Gasteiger partial charge in [0.2, 0.25) is 0 Å². The average Bonchev–Trinajstić information content (AvgIpc) is 3.12. The van der Waals surface area contributed by atoms with Gasteiger partial charge in [0.15, 0.2) is 28.3 Å². The summed E-state index contributed by atoms with van der Waals surface area (Å²) < 4.78 is 13.4. The summed E-state index contributed by atoms with van der Waals surface area (Å²) in [7, 11) is 0. The van der Waals surface area contributed by atoms with Crippen molar-refractivity contribution in [3.63, 3.8) is 0 Å². The van der Waals surface area contributed by atoms with Gasteiger partial charge in [-0.3, -0.25) is 14.3 Å². The molecule has 34 heavy (non-hydrogen) atoms. The molecule has 7 nitrogen and oxygen atoms in total. The Kier molecular flexibility index (Phi) is 6.31. The minimum Gasteiger partial charge on any atom is -0.490 e. The van der Waals surface area contributed by atoms with Crippen molar-refractivity contribution >= 4 is 17.5 Å². The lowest BCUT2D eigenvalue weighted by atomic mass is 10.1. The Labute approximate surface area is 202 Å². The van der Waals surface area contributed by atoms with Crippen LogP contribution in [0.2, 0.25) is 0 Å². The van der Waals surface area contributed by atoms with Gasteiger partial charge in [0.25, 0.3) is 0 Å². The molecule has 0 unspecified atom stereocenters. The van der Waals surface area contributed by atoms with E-state index in [1.807, 2.05) is 16.7 Å². The first-order valence-electron chi connectivity index (χ1n) is 11.1. The highest BCUT2D eigenvalue weighted by molar-refractivity contribution is 7.99. The normalized spacial score (nSPS) is 12.9. The predicted octanol–water partition coefficient (Wildman–Crippen LogP) is 5.08. The van der Waals surface area contributed by atoms with Crippen LogP contribution in [0.4, 0.5) is 0 Å². The van der Waals surface area contributed by atoms with E-state index >= 15 is 0 Å². The Morgan fingerprint density at radius 2 is 1.88 bits per heavy atom. The molecular formula is C26H24N4O3S. The molecule has 2 aromatic heterocycles. The third kappa shape index (κ3) is 4.54. The lowest BCUT2D eigenvalue weighted by molar-refractivity contribution is 0.102. The number of benzene rings is 2. The van der Waals surface area contributed by atoms with Crippen LogP contribution in [0.15, 0.2) is 66.1 Å². The third-order valence-electron chi connectivity index (χ3n) is 5.55. The number of pyridine rings is 1. The maximum atomic E-state index is 13.0. The van der Waals surface area contributed by atoms with E-state index in [1.54, 1.807) is 30.6 Å². The smallest absolute Gasteiger partial charge is 0.196 e. The predicted molar refractivity (Wildman–Crippen MR) is 131 cm³/mol. The standard InChI is InChI=1S/C26H24N4O3S/c1-17-6-8-21(18(2)13-17)30-25(20-5-3-10-27-15-20)28-29-26(30)34-16-22(31)19-7-9-23-24(14-19)33-12-4-11-32-23/h3,5-10,13-15H,4,11-12,16H2,1-2H3. The van der Waals surface area contributed by atoms with E-state index in [9.17, 15) is 4.79 Å². The molecule has 2 aromatic carbocycles. The second-order valence-electron chi connectivity index (χ2n) is 8.10.